The second-order valence-electron chi connectivity index (χ2n) is 6.82. The fraction of sp³-hybridized carbons (Fsp3) is 0.429. The van der Waals surface area contributed by atoms with Crippen molar-refractivity contribution in [2.75, 3.05) is 13.7 Å². The van der Waals surface area contributed by atoms with Gasteiger partial charge in [0.15, 0.2) is 0 Å². The molecule has 2 aromatic rings. The molecule has 0 saturated heterocycles. The maximum Gasteiger partial charge on any atom is 0.123 e. The average molecular weight is 327 g/mol. The predicted octanol–water partition coefficient (Wildman–Crippen LogP) is 4.28. The smallest absolute Gasteiger partial charge is 0.123 e. The summed E-state index contributed by atoms with van der Waals surface area (Å²) in [5, 5.41) is 10.6. The first kappa shape index (κ1) is 18.5. The Morgan fingerprint density at radius 1 is 0.958 bits per heavy atom. The number of nitrogens with zero attached hydrogens (tertiary/aromatic N) is 1. The van der Waals surface area contributed by atoms with Crippen LogP contribution in [0.15, 0.2) is 54.6 Å². The number of likely N-dealkylation sites (N-methyl/N-ethyl adjacent to an activating group) is 1. The van der Waals surface area contributed by atoms with Crippen LogP contribution in [0.2, 0.25) is 0 Å². The third-order valence-electron chi connectivity index (χ3n) is 4.26. The lowest BCUT2D eigenvalue weighted by Crippen LogP contribution is -2.34. The molecule has 0 aliphatic carbocycles. The molecule has 0 amide bonds. The van der Waals surface area contributed by atoms with Crippen LogP contribution >= 0.6 is 0 Å². The quantitative estimate of drug-likeness (QED) is 0.786. The van der Waals surface area contributed by atoms with Gasteiger partial charge in [-0.05, 0) is 31.5 Å². The molecule has 0 bridgehead atoms. The van der Waals surface area contributed by atoms with E-state index in [-0.39, 0.29) is 6.04 Å². The highest BCUT2D eigenvalue weighted by Gasteiger charge is 2.21. The van der Waals surface area contributed by atoms with Crippen LogP contribution in [-0.4, -0.2) is 29.7 Å². The van der Waals surface area contributed by atoms with Gasteiger partial charge in [0, 0.05) is 18.2 Å². The van der Waals surface area contributed by atoms with Gasteiger partial charge in [0.2, 0.25) is 0 Å². The lowest BCUT2D eigenvalue weighted by molar-refractivity contribution is 0.0682. The van der Waals surface area contributed by atoms with Gasteiger partial charge in [-0.1, -0.05) is 62.4 Å². The standard InChI is InChI=1S/C21H29NO2/c1-16(2)15-24-20-13-9-8-12-19(20)14-22(4)17(3)21(23)18-10-6-5-7-11-18/h5-13,16-17,21,23H,14-15H2,1-4H3. The molecule has 0 aliphatic heterocycles. The molecule has 2 unspecified atom stereocenters. The Balaban J connectivity index is 2.05. The number of benzene rings is 2. The summed E-state index contributed by atoms with van der Waals surface area (Å²) in [6.07, 6.45) is -0.514. The summed E-state index contributed by atoms with van der Waals surface area (Å²) in [5.74, 6) is 1.43. The fourth-order valence-electron chi connectivity index (χ4n) is 2.61. The van der Waals surface area contributed by atoms with Crippen molar-refractivity contribution >= 4 is 0 Å². The van der Waals surface area contributed by atoms with Crippen molar-refractivity contribution in [3.63, 3.8) is 0 Å². The van der Waals surface area contributed by atoms with E-state index in [4.69, 9.17) is 4.74 Å². The van der Waals surface area contributed by atoms with Crippen LogP contribution in [0.25, 0.3) is 0 Å². The summed E-state index contributed by atoms with van der Waals surface area (Å²) in [6.45, 7) is 7.79. The minimum absolute atomic E-state index is 0.00514. The minimum Gasteiger partial charge on any atom is -0.493 e. The first-order chi connectivity index (χ1) is 11.5. The van der Waals surface area contributed by atoms with Crippen LogP contribution in [0.3, 0.4) is 0 Å². The molecule has 0 saturated carbocycles. The summed E-state index contributed by atoms with van der Waals surface area (Å²) in [7, 11) is 2.04. The number of hydrogen-bond acceptors (Lipinski definition) is 3. The lowest BCUT2D eigenvalue weighted by Gasteiger charge is -2.29. The zero-order valence-corrected chi connectivity index (χ0v) is 15.1. The monoisotopic (exact) mass is 327 g/mol. The van der Waals surface area contributed by atoms with E-state index < -0.39 is 6.10 Å². The second kappa shape index (κ2) is 8.86. The Labute approximate surface area is 145 Å². The van der Waals surface area contributed by atoms with E-state index in [0.717, 1.165) is 23.4 Å². The third kappa shape index (κ3) is 5.08. The van der Waals surface area contributed by atoms with Gasteiger partial charge in [-0.15, -0.1) is 0 Å². The van der Waals surface area contributed by atoms with Crippen LogP contribution in [0.4, 0.5) is 0 Å². The molecule has 0 radical (unpaired) electrons. The third-order valence-corrected chi connectivity index (χ3v) is 4.26. The Bertz CT molecular complexity index is 612. The van der Waals surface area contributed by atoms with Crippen LogP contribution in [0, 0.1) is 5.92 Å². The Hall–Kier alpha value is -1.84. The van der Waals surface area contributed by atoms with Crippen molar-refractivity contribution in [1.82, 2.24) is 4.90 Å². The molecule has 3 heteroatoms. The minimum atomic E-state index is -0.514. The van der Waals surface area contributed by atoms with E-state index in [1.165, 1.54) is 0 Å². The molecule has 130 valence electrons. The summed E-state index contributed by atoms with van der Waals surface area (Å²) >= 11 is 0. The number of rotatable bonds is 8. The summed E-state index contributed by atoms with van der Waals surface area (Å²) in [4.78, 5) is 2.16. The van der Waals surface area contributed by atoms with Crippen molar-refractivity contribution < 1.29 is 9.84 Å². The first-order valence-corrected chi connectivity index (χ1v) is 8.63. The predicted molar refractivity (Wildman–Crippen MR) is 99.1 cm³/mol. The normalized spacial score (nSPS) is 14.0. The molecule has 1 N–H and O–H groups in total. The number of para-hydroxylation sites is 1. The molecule has 2 atom stereocenters. The van der Waals surface area contributed by atoms with E-state index >= 15 is 0 Å². The zero-order valence-electron chi connectivity index (χ0n) is 15.1. The Morgan fingerprint density at radius 2 is 1.58 bits per heavy atom. The van der Waals surface area contributed by atoms with Gasteiger partial charge in [-0.3, -0.25) is 4.90 Å². The molecule has 24 heavy (non-hydrogen) atoms. The lowest BCUT2D eigenvalue weighted by atomic mass is 10.0. The fourth-order valence-corrected chi connectivity index (χ4v) is 2.61. The first-order valence-electron chi connectivity index (χ1n) is 8.63. The summed E-state index contributed by atoms with van der Waals surface area (Å²) < 4.78 is 5.94. The van der Waals surface area contributed by atoms with Gasteiger partial charge in [0.1, 0.15) is 5.75 Å². The van der Waals surface area contributed by atoms with E-state index in [0.29, 0.717) is 12.5 Å². The van der Waals surface area contributed by atoms with E-state index in [2.05, 4.69) is 31.7 Å². The molecule has 3 nitrogen and oxygen atoms in total. The molecule has 0 aromatic heterocycles. The zero-order chi connectivity index (χ0) is 17.5. The van der Waals surface area contributed by atoms with Crippen LogP contribution in [0.1, 0.15) is 38.0 Å². The van der Waals surface area contributed by atoms with Crippen LogP contribution in [-0.2, 0) is 6.54 Å². The molecular formula is C21H29NO2. The van der Waals surface area contributed by atoms with Gasteiger partial charge in [0.05, 0.1) is 12.7 Å². The molecule has 0 heterocycles. The maximum absolute atomic E-state index is 10.6. The van der Waals surface area contributed by atoms with E-state index in [1.54, 1.807) is 0 Å². The van der Waals surface area contributed by atoms with Crippen molar-refractivity contribution in [3.8, 4) is 5.75 Å². The SMILES string of the molecule is CC(C)COc1ccccc1CN(C)C(C)C(O)c1ccccc1. The number of hydrogen-bond donors (Lipinski definition) is 1. The highest BCUT2D eigenvalue weighted by molar-refractivity contribution is 5.33. The maximum atomic E-state index is 10.6. The highest BCUT2D eigenvalue weighted by Crippen LogP contribution is 2.24. The Morgan fingerprint density at radius 3 is 2.25 bits per heavy atom. The van der Waals surface area contributed by atoms with Crippen molar-refractivity contribution in [3.05, 3.63) is 65.7 Å². The topological polar surface area (TPSA) is 32.7 Å². The molecule has 0 fully saturated rings. The van der Waals surface area contributed by atoms with Gasteiger partial charge in [-0.25, -0.2) is 0 Å². The number of ether oxygens (including phenoxy) is 1. The van der Waals surface area contributed by atoms with Crippen LogP contribution in [0.5, 0.6) is 5.75 Å². The van der Waals surface area contributed by atoms with Crippen molar-refractivity contribution in [1.29, 1.82) is 0 Å². The van der Waals surface area contributed by atoms with Gasteiger partial charge in [-0.2, -0.15) is 0 Å². The van der Waals surface area contributed by atoms with E-state index in [1.807, 2.05) is 55.6 Å². The average Bonchev–Trinajstić information content (AvgIpc) is 2.60. The van der Waals surface area contributed by atoms with Crippen LogP contribution < -0.4 is 4.74 Å². The molecule has 0 spiro atoms. The summed E-state index contributed by atoms with van der Waals surface area (Å²) in [5.41, 5.74) is 2.09. The van der Waals surface area contributed by atoms with Gasteiger partial charge in [0.25, 0.3) is 0 Å². The number of aliphatic hydroxyl groups is 1. The largest absolute Gasteiger partial charge is 0.493 e. The summed E-state index contributed by atoms with van der Waals surface area (Å²) in [6, 6.07) is 18.0. The number of aliphatic hydroxyl groups excluding tert-OH is 1. The van der Waals surface area contributed by atoms with Crippen molar-refractivity contribution in [2.45, 2.75) is 39.5 Å². The van der Waals surface area contributed by atoms with E-state index in [9.17, 15) is 5.11 Å². The Kier molecular flexibility index (Phi) is 6.83. The molecule has 0 aliphatic rings. The highest BCUT2D eigenvalue weighted by atomic mass is 16.5. The second-order valence-corrected chi connectivity index (χ2v) is 6.82. The van der Waals surface area contributed by atoms with Gasteiger partial charge >= 0.3 is 0 Å². The molecule has 2 rings (SSSR count). The van der Waals surface area contributed by atoms with Gasteiger partial charge < -0.3 is 9.84 Å². The van der Waals surface area contributed by atoms with Crippen molar-refractivity contribution in [2.24, 2.45) is 5.92 Å². The molecule has 2 aromatic carbocycles. The molecular weight excluding hydrogens is 298 g/mol.